The van der Waals surface area contributed by atoms with Gasteiger partial charge in [0.15, 0.2) is 5.96 Å². The summed E-state index contributed by atoms with van der Waals surface area (Å²) >= 11 is 3.52. The lowest BCUT2D eigenvalue weighted by Crippen LogP contribution is -2.46. The van der Waals surface area contributed by atoms with Crippen molar-refractivity contribution in [1.29, 1.82) is 0 Å². The maximum absolute atomic E-state index is 12.9. The topological polar surface area (TPSA) is 68.2 Å². The Hall–Kier alpha value is -2.54. The maximum Gasteiger partial charge on any atom is 0.251 e. The molecule has 1 fully saturated rings. The van der Waals surface area contributed by atoms with Gasteiger partial charge in [-0.25, -0.2) is 0 Å². The summed E-state index contributed by atoms with van der Waals surface area (Å²) in [6.45, 7) is 11.0. The molecule has 2 aromatic carbocycles. The summed E-state index contributed by atoms with van der Waals surface area (Å²) in [5.74, 6) is 1.79. The first kappa shape index (κ1) is 23.6. The fourth-order valence-corrected chi connectivity index (χ4v) is 5.12. The van der Waals surface area contributed by atoms with Gasteiger partial charge in [0.1, 0.15) is 5.75 Å². The summed E-state index contributed by atoms with van der Waals surface area (Å²) in [4.78, 5) is 22.6. The van der Waals surface area contributed by atoms with Gasteiger partial charge in [-0.3, -0.25) is 9.79 Å². The molecule has 0 spiro atoms. The average Bonchev–Trinajstić information content (AvgIpc) is 3.31. The number of phenolic OH excluding ortho intramolecular Hbond substituents is 1. The first-order valence-corrected chi connectivity index (χ1v) is 12.4. The number of amides is 1. The lowest BCUT2D eigenvalue weighted by molar-refractivity contribution is 0.0933. The average molecular weight is 513 g/mol. The molecule has 2 N–H and O–H groups in total. The van der Waals surface area contributed by atoms with Crippen molar-refractivity contribution in [2.75, 3.05) is 19.6 Å². The summed E-state index contributed by atoms with van der Waals surface area (Å²) < 4.78 is 0.937. The number of carbonyl (C=O) groups is 1. The standard InChI is InChI=1S/C26H33BrN4O2/c1-16(2)24-13-28-26-30(21(15-31(24)26)11-19-6-9-22(32)10-7-19)14-18(4)29-25(33)20-8-5-17(3)23(27)12-20/h5-10,12,16,18,21,24,32H,11,13-15H2,1-4H3,(H,29,33)/t18-,21+,24+/m0/s1. The second kappa shape index (κ2) is 9.75. The van der Waals surface area contributed by atoms with Gasteiger partial charge in [-0.05, 0) is 61.6 Å². The minimum Gasteiger partial charge on any atom is -0.508 e. The smallest absolute Gasteiger partial charge is 0.251 e. The SMILES string of the molecule is Cc1ccc(C(=O)N[C@@H](C)CN2C3=NC[C@H](C(C)C)N3C[C@H]2Cc2ccc(O)cc2)cc1Br. The molecule has 6 nitrogen and oxygen atoms in total. The fourth-order valence-electron chi connectivity index (χ4n) is 4.74. The molecular formula is C26H33BrN4O2. The van der Waals surface area contributed by atoms with Crippen molar-refractivity contribution in [3.63, 3.8) is 0 Å². The van der Waals surface area contributed by atoms with Crippen LogP contribution in [0.3, 0.4) is 0 Å². The van der Waals surface area contributed by atoms with E-state index in [1.165, 1.54) is 5.56 Å². The zero-order valence-corrected chi connectivity index (χ0v) is 21.3. The highest BCUT2D eigenvalue weighted by atomic mass is 79.9. The Kier molecular flexibility index (Phi) is 6.98. The highest BCUT2D eigenvalue weighted by molar-refractivity contribution is 9.10. The van der Waals surface area contributed by atoms with Crippen LogP contribution in [0.1, 0.15) is 42.3 Å². The second-order valence-electron chi connectivity index (χ2n) is 9.62. The first-order chi connectivity index (χ1) is 15.7. The van der Waals surface area contributed by atoms with Crippen molar-refractivity contribution in [2.45, 2.75) is 52.2 Å². The number of aryl methyl sites for hydroxylation is 1. The van der Waals surface area contributed by atoms with Crippen LogP contribution in [-0.2, 0) is 6.42 Å². The number of fused-ring (bicyclic) bond motifs is 1. The van der Waals surface area contributed by atoms with E-state index in [-0.39, 0.29) is 23.7 Å². The van der Waals surface area contributed by atoms with Gasteiger partial charge in [0, 0.05) is 29.2 Å². The van der Waals surface area contributed by atoms with Crippen molar-refractivity contribution in [3.05, 3.63) is 63.6 Å². The Morgan fingerprint density at radius 3 is 2.61 bits per heavy atom. The number of guanidine groups is 1. The van der Waals surface area contributed by atoms with Gasteiger partial charge in [-0.15, -0.1) is 0 Å². The molecule has 176 valence electrons. The lowest BCUT2D eigenvalue weighted by atomic mass is 10.0. The molecule has 1 saturated heterocycles. The van der Waals surface area contributed by atoms with Crippen LogP contribution in [0, 0.1) is 12.8 Å². The monoisotopic (exact) mass is 512 g/mol. The molecule has 0 saturated carbocycles. The normalized spacial score (nSPS) is 20.7. The first-order valence-electron chi connectivity index (χ1n) is 11.7. The van der Waals surface area contributed by atoms with Crippen LogP contribution in [0.2, 0.25) is 0 Å². The van der Waals surface area contributed by atoms with Gasteiger partial charge in [0.2, 0.25) is 0 Å². The zero-order valence-electron chi connectivity index (χ0n) is 19.8. The highest BCUT2D eigenvalue weighted by Crippen LogP contribution is 2.29. The van der Waals surface area contributed by atoms with Crippen LogP contribution in [-0.4, -0.2) is 64.5 Å². The summed E-state index contributed by atoms with van der Waals surface area (Å²) in [5, 5.41) is 12.8. The molecular weight excluding hydrogens is 480 g/mol. The third-order valence-corrected chi connectivity index (χ3v) is 7.50. The molecule has 2 heterocycles. The number of halogens is 1. The van der Waals surface area contributed by atoms with Crippen molar-refractivity contribution in [2.24, 2.45) is 10.9 Å². The Bertz CT molecular complexity index is 1040. The largest absolute Gasteiger partial charge is 0.508 e. The van der Waals surface area contributed by atoms with Gasteiger partial charge >= 0.3 is 0 Å². The number of phenols is 1. The number of nitrogens with one attached hydrogen (secondary N) is 1. The Morgan fingerprint density at radius 2 is 1.94 bits per heavy atom. The Morgan fingerprint density at radius 1 is 1.21 bits per heavy atom. The van der Waals surface area contributed by atoms with Gasteiger partial charge in [-0.1, -0.05) is 48.0 Å². The maximum atomic E-state index is 12.9. The number of aliphatic imine (C=N–C) groups is 1. The molecule has 0 bridgehead atoms. The second-order valence-corrected chi connectivity index (χ2v) is 10.5. The predicted octanol–water partition coefficient (Wildman–Crippen LogP) is 4.20. The molecule has 2 aliphatic rings. The quantitative estimate of drug-likeness (QED) is 0.583. The van der Waals surface area contributed by atoms with E-state index >= 15 is 0 Å². The van der Waals surface area contributed by atoms with Crippen LogP contribution in [0.15, 0.2) is 51.9 Å². The molecule has 0 aliphatic carbocycles. The van der Waals surface area contributed by atoms with E-state index in [9.17, 15) is 9.90 Å². The summed E-state index contributed by atoms with van der Waals surface area (Å²) in [7, 11) is 0. The molecule has 1 amide bonds. The number of nitrogens with zero attached hydrogens (tertiary/aromatic N) is 3. The molecule has 7 heteroatoms. The van der Waals surface area contributed by atoms with E-state index in [2.05, 4.69) is 51.8 Å². The molecule has 2 aromatic rings. The molecule has 3 atom stereocenters. The van der Waals surface area contributed by atoms with Crippen LogP contribution in [0.5, 0.6) is 5.75 Å². The molecule has 2 aliphatic heterocycles. The highest BCUT2D eigenvalue weighted by Gasteiger charge is 2.43. The number of carbonyl (C=O) groups excluding carboxylic acids is 1. The molecule has 33 heavy (non-hydrogen) atoms. The van der Waals surface area contributed by atoms with E-state index in [1.54, 1.807) is 12.1 Å². The molecule has 4 rings (SSSR count). The number of hydrogen-bond acceptors (Lipinski definition) is 5. The van der Waals surface area contributed by atoms with E-state index in [0.717, 1.165) is 35.5 Å². The third kappa shape index (κ3) is 5.18. The van der Waals surface area contributed by atoms with Crippen molar-refractivity contribution < 1.29 is 9.90 Å². The van der Waals surface area contributed by atoms with Gasteiger partial charge < -0.3 is 20.2 Å². The van der Waals surface area contributed by atoms with Crippen molar-refractivity contribution in [3.8, 4) is 5.75 Å². The van der Waals surface area contributed by atoms with Crippen LogP contribution in [0.4, 0.5) is 0 Å². The summed E-state index contributed by atoms with van der Waals surface area (Å²) in [5.41, 5.74) is 2.95. The van der Waals surface area contributed by atoms with Gasteiger partial charge in [0.25, 0.3) is 5.91 Å². The van der Waals surface area contributed by atoms with E-state index in [0.29, 0.717) is 24.1 Å². The van der Waals surface area contributed by atoms with Crippen molar-refractivity contribution in [1.82, 2.24) is 15.1 Å². The minimum atomic E-state index is -0.0669. The van der Waals surface area contributed by atoms with Crippen LogP contribution < -0.4 is 5.32 Å². The number of hydrogen-bond donors (Lipinski definition) is 2. The molecule has 0 radical (unpaired) electrons. The van der Waals surface area contributed by atoms with E-state index in [4.69, 9.17) is 4.99 Å². The summed E-state index contributed by atoms with van der Waals surface area (Å²) in [6, 6.07) is 13.8. The Balaban J connectivity index is 1.48. The van der Waals surface area contributed by atoms with Gasteiger partial charge in [-0.2, -0.15) is 0 Å². The molecule has 0 aromatic heterocycles. The molecule has 0 unspecified atom stereocenters. The zero-order chi connectivity index (χ0) is 23.7. The van der Waals surface area contributed by atoms with Crippen LogP contribution >= 0.6 is 15.9 Å². The predicted molar refractivity (Wildman–Crippen MR) is 136 cm³/mol. The lowest BCUT2D eigenvalue weighted by Gasteiger charge is -2.29. The van der Waals surface area contributed by atoms with E-state index in [1.807, 2.05) is 37.3 Å². The third-order valence-electron chi connectivity index (χ3n) is 6.64. The van der Waals surface area contributed by atoms with E-state index < -0.39 is 0 Å². The number of rotatable bonds is 7. The number of benzene rings is 2. The summed E-state index contributed by atoms with van der Waals surface area (Å²) in [6.07, 6.45) is 0.867. The number of aromatic hydroxyl groups is 1. The Labute approximate surface area is 204 Å². The minimum absolute atomic E-state index is 0.0411. The van der Waals surface area contributed by atoms with Gasteiger partial charge in [0.05, 0.1) is 18.6 Å². The van der Waals surface area contributed by atoms with Crippen LogP contribution in [0.25, 0.3) is 0 Å². The van der Waals surface area contributed by atoms with Crippen molar-refractivity contribution >= 4 is 27.8 Å². The fraction of sp³-hybridized carbons (Fsp3) is 0.462.